The van der Waals surface area contributed by atoms with Crippen LogP contribution in [-0.4, -0.2) is 144 Å². The molecule has 6 heterocycles. The number of nitrogens with one attached hydrogen (secondary N) is 6. The molecule has 18 nitrogen and oxygen atoms in total. The van der Waals surface area contributed by atoms with Gasteiger partial charge in [-0.2, -0.15) is 0 Å². The summed E-state index contributed by atoms with van der Waals surface area (Å²) in [6.45, 7) is 20.8. The van der Waals surface area contributed by atoms with Crippen molar-refractivity contribution in [3.63, 3.8) is 0 Å². The fraction of sp³-hybridized carbons (Fsp3) is 0.416. The lowest BCUT2D eigenvalue weighted by Crippen LogP contribution is -2.56. The van der Waals surface area contributed by atoms with E-state index in [9.17, 15) is 28.8 Å². The third-order valence-corrected chi connectivity index (χ3v) is 28.1. The number of carbonyl (C=O) groups excluding carboxylic acids is 6. The summed E-state index contributed by atoms with van der Waals surface area (Å²) in [7, 11) is 11.2. The molecule has 2 saturated carbocycles. The number of anilines is 2. The van der Waals surface area contributed by atoms with Gasteiger partial charge in [0, 0.05) is 71.3 Å². The Morgan fingerprint density at radius 3 is 1.03 bits per heavy atom. The van der Waals surface area contributed by atoms with Crippen molar-refractivity contribution >= 4 is 46.8 Å². The maximum absolute atomic E-state index is 13.3. The first kappa shape index (κ1) is 97.3. The minimum absolute atomic E-state index is 0.101. The van der Waals surface area contributed by atoms with Gasteiger partial charge in [0.15, 0.2) is 0 Å². The molecular formula is C113H142N12O6. The van der Waals surface area contributed by atoms with Crippen LogP contribution in [0.3, 0.4) is 0 Å². The molecule has 2 aliphatic carbocycles. The Labute approximate surface area is 780 Å². The summed E-state index contributed by atoms with van der Waals surface area (Å²) in [6, 6.07) is 90.0. The highest BCUT2D eigenvalue weighted by atomic mass is 16.2. The maximum atomic E-state index is 13.3. The van der Waals surface area contributed by atoms with Gasteiger partial charge in [0.2, 0.25) is 35.4 Å². The molecule has 9 unspecified atom stereocenters. The molecule has 10 aromatic rings. The SMILES string of the molecule is CNC1C(=O)N(C2CCCCC2)C(C)(C)Cc2ccccc21.CNC1C(=O)N(C2CCCCC2)C(C)Cc2ccccc21.CNC1C(=O)N(Cc2ccccc2)C(C)(C)Cc2ccccc21.CNC1C(=O)N(Cc2ccccc2)C(C)Cc2ccccc21.CNC1C(=O)N(c2ccccc2)C(C)(C)Cc2ccccc21.CNC1C(=O)N(c2ccccc2)C(C)Cc2ccccc21. The Balaban J connectivity index is 0.000000134. The summed E-state index contributed by atoms with van der Waals surface area (Å²) in [5.41, 5.74) is 17.9. The van der Waals surface area contributed by atoms with Crippen molar-refractivity contribution in [2.45, 2.75) is 261 Å². The number of carbonyl (C=O) groups is 6. The zero-order valence-corrected chi connectivity index (χ0v) is 80.1. The molecule has 0 aromatic heterocycles. The lowest BCUT2D eigenvalue weighted by molar-refractivity contribution is -0.143. The number of rotatable bonds is 14. The second-order valence-corrected chi connectivity index (χ2v) is 38.6. The van der Waals surface area contributed by atoms with Gasteiger partial charge in [0.05, 0.1) is 0 Å². The van der Waals surface area contributed by atoms with E-state index in [2.05, 4.69) is 225 Å². The smallest absolute Gasteiger partial charge is 0.249 e. The Morgan fingerprint density at radius 1 is 0.282 bits per heavy atom. The minimum Gasteiger partial charge on any atom is -0.335 e. The van der Waals surface area contributed by atoms with E-state index in [4.69, 9.17) is 0 Å². The van der Waals surface area contributed by atoms with E-state index in [0.29, 0.717) is 31.2 Å². The zero-order chi connectivity index (χ0) is 93.1. The Morgan fingerprint density at radius 2 is 0.595 bits per heavy atom. The van der Waals surface area contributed by atoms with E-state index in [1.807, 2.05) is 207 Å². The second-order valence-electron chi connectivity index (χ2n) is 38.6. The van der Waals surface area contributed by atoms with Crippen LogP contribution < -0.4 is 41.7 Å². The monoisotopic (exact) mass is 1760 g/mol. The molecule has 2 fully saturated rings. The van der Waals surface area contributed by atoms with E-state index in [1.165, 1.54) is 90.3 Å². The van der Waals surface area contributed by atoms with E-state index >= 15 is 0 Å². The molecule has 6 N–H and O–H groups in total. The number of likely N-dealkylation sites (N-methyl/N-ethyl adjacent to an activating group) is 6. The van der Waals surface area contributed by atoms with Gasteiger partial charge in [-0.15, -0.1) is 0 Å². The van der Waals surface area contributed by atoms with Crippen LogP contribution in [0.5, 0.6) is 0 Å². The number of amides is 6. The highest BCUT2D eigenvalue weighted by Gasteiger charge is 2.46. The third kappa shape index (κ3) is 22.6. The zero-order valence-electron chi connectivity index (χ0n) is 80.1. The van der Waals surface area contributed by atoms with Crippen LogP contribution in [0, 0.1) is 0 Å². The highest BCUT2D eigenvalue weighted by Crippen LogP contribution is 2.42. The second kappa shape index (κ2) is 44.8. The Hall–Kier alpha value is -11.2. The maximum Gasteiger partial charge on any atom is 0.249 e. The fourth-order valence-electron chi connectivity index (χ4n) is 21.8. The van der Waals surface area contributed by atoms with Crippen LogP contribution in [0.15, 0.2) is 267 Å². The first-order valence-electron chi connectivity index (χ1n) is 47.9. The number of hydrogen-bond donors (Lipinski definition) is 6. The van der Waals surface area contributed by atoms with Crippen molar-refractivity contribution in [1.29, 1.82) is 0 Å². The van der Waals surface area contributed by atoms with Crippen LogP contribution in [0.25, 0.3) is 0 Å². The first-order chi connectivity index (χ1) is 63.3. The lowest BCUT2D eigenvalue weighted by atomic mass is 9.87. The molecule has 6 aliphatic heterocycles. The van der Waals surface area contributed by atoms with Gasteiger partial charge in [-0.25, -0.2) is 0 Å². The van der Waals surface area contributed by atoms with Gasteiger partial charge in [0.25, 0.3) is 0 Å². The average Bonchev–Trinajstić information content (AvgIpc) is 1.61. The van der Waals surface area contributed by atoms with Crippen molar-refractivity contribution < 1.29 is 28.8 Å². The summed E-state index contributed by atoms with van der Waals surface area (Å²) in [6.07, 6.45) is 17.7. The number of para-hydroxylation sites is 2. The predicted octanol–water partition coefficient (Wildman–Crippen LogP) is 19.0. The molecule has 10 aromatic carbocycles. The summed E-state index contributed by atoms with van der Waals surface area (Å²) in [4.78, 5) is 91.2. The van der Waals surface area contributed by atoms with Gasteiger partial charge in [0.1, 0.15) is 36.3 Å². The highest BCUT2D eigenvalue weighted by molar-refractivity contribution is 6.01. The topological polar surface area (TPSA) is 194 Å². The summed E-state index contributed by atoms with van der Waals surface area (Å²) in [5, 5.41) is 19.3. The normalized spacial score (nSPS) is 22.7. The molecule has 0 radical (unpaired) electrons. The summed E-state index contributed by atoms with van der Waals surface area (Å²) >= 11 is 0. The molecule has 0 saturated heterocycles. The predicted molar refractivity (Wildman–Crippen MR) is 532 cm³/mol. The molecular weight excluding hydrogens is 1620 g/mol. The summed E-state index contributed by atoms with van der Waals surface area (Å²) < 4.78 is 0. The molecule has 18 rings (SSSR count). The standard InChI is InChI=1S/C20H24N2O.C19H28N2O.2C19H22N2O.C18H26N2O.C18H20N2O/c1-20(2)13-16-11-7-8-12-17(16)18(21-3)19(23)22(20)14-15-9-5-4-6-10-15;2*1-19(2)13-14-9-7-8-12-16(14)17(20-3)18(22)21(19)15-10-5-4-6-11-15;1-14-12-16-10-6-7-11-17(16)18(20-2)19(22)21(14)13-15-8-4-3-5-9-15;2*1-13-12-14-8-6-7-11-16(14)17(19-2)18(21)20(13)15-9-4-3-5-10-15/h4-12,18,21H,13-14H2,1-3H3;7-9,12,15,17,20H,4-6,10-11,13H2,1-3H3;4-12,17,20H,13H2,1-3H3;3-11,14,18,20H,12-13H2,1-2H3;6-8,11,13,15,17,19H,3-5,9-10,12H2,1-2H3;3-11,13,17,19H,12H2,1-2H3. The molecule has 18 heteroatoms. The summed E-state index contributed by atoms with van der Waals surface area (Å²) in [5.74, 6) is 1.03. The van der Waals surface area contributed by atoms with Crippen LogP contribution in [0.2, 0.25) is 0 Å². The lowest BCUT2D eigenvalue weighted by Gasteiger charge is -2.45. The van der Waals surface area contributed by atoms with Crippen LogP contribution in [0.1, 0.15) is 241 Å². The fourth-order valence-corrected chi connectivity index (χ4v) is 21.8. The van der Waals surface area contributed by atoms with Crippen LogP contribution in [0.4, 0.5) is 11.4 Å². The van der Waals surface area contributed by atoms with Crippen molar-refractivity contribution in [3.05, 3.63) is 345 Å². The van der Waals surface area contributed by atoms with Crippen molar-refractivity contribution in [2.75, 3.05) is 52.1 Å². The molecule has 0 spiro atoms. The molecule has 0 bridgehead atoms. The van der Waals surface area contributed by atoms with Gasteiger partial charge in [-0.05, 0) is 271 Å². The molecule has 690 valence electrons. The van der Waals surface area contributed by atoms with Gasteiger partial charge < -0.3 is 61.3 Å². The number of fused-ring (bicyclic) bond motifs is 6. The Bertz CT molecular complexity index is 5440. The van der Waals surface area contributed by atoms with Crippen molar-refractivity contribution in [2.24, 2.45) is 0 Å². The van der Waals surface area contributed by atoms with Gasteiger partial charge in [-0.1, -0.05) is 281 Å². The first-order valence-corrected chi connectivity index (χ1v) is 47.9. The van der Waals surface area contributed by atoms with Gasteiger partial charge in [-0.3, -0.25) is 28.8 Å². The number of hydrogen-bond acceptors (Lipinski definition) is 12. The number of nitrogens with zero attached hydrogens (tertiary/aromatic N) is 6. The Kier molecular flexibility index (Phi) is 33.3. The van der Waals surface area contributed by atoms with Gasteiger partial charge >= 0.3 is 0 Å². The third-order valence-electron chi connectivity index (χ3n) is 28.1. The van der Waals surface area contributed by atoms with E-state index < -0.39 is 0 Å². The van der Waals surface area contributed by atoms with Crippen LogP contribution in [-0.2, 0) is 80.4 Å². The molecule has 131 heavy (non-hydrogen) atoms. The van der Waals surface area contributed by atoms with E-state index in [1.54, 1.807) is 0 Å². The molecule has 9 atom stereocenters. The van der Waals surface area contributed by atoms with Crippen LogP contribution >= 0.6 is 0 Å². The largest absolute Gasteiger partial charge is 0.335 e. The molecule has 6 amide bonds. The molecule has 8 aliphatic rings. The van der Waals surface area contributed by atoms with E-state index in [0.717, 1.165) is 102 Å². The van der Waals surface area contributed by atoms with Crippen molar-refractivity contribution in [1.82, 2.24) is 51.5 Å². The average molecular weight is 1760 g/mol. The quantitative estimate of drug-likeness (QED) is 0.0604. The van der Waals surface area contributed by atoms with E-state index in [-0.39, 0.29) is 100 Å². The van der Waals surface area contributed by atoms with Crippen molar-refractivity contribution in [3.8, 4) is 0 Å². The number of benzene rings is 10. The minimum atomic E-state index is -0.307.